The summed E-state index contributed by atoms with van der Waals surface area (Å²) < 4.78 is 5.25. The molecule has 2 atom stereocenters. The molecule has 9 nitrogen and oxygen atoms in total. The largest absolute Gasteiger partial charge is 0.450 e. The average molecular weight is 460 g/mol. The summed E-state index contributed by atoms with van der Waals surface area (Å²) >= 11 is 0. The fraction of sp³-hybridized carbons (Fsp3) is 0.667. The molecule has 0 bridgehead atoms. The van der Waals surface area contributed by atoms with Crippen molar-refractivity contribution in [1.29, 1.82) is 0 Å². The van der Waals surface area contributed by atoms with Gasteiger partial charge in [-0.2, -0.15) is 0 Å². The van der Waals surface area contributed by atoms with Crippen molar-refractivity contribution in [2.45, 2.75) is 77.9 Å². The van der Waals surface area contributed by atoms with Gasteiger partial charge in [0.25, 0.3) is 0 Å². The van der Waals surface area contributed by atoms with Crippen molar-refractivity contribution in [2.75, 3.05) is 18.5 Å². The van der Waals surface area contributed by atoms with Crippen LogP contribution in [0.3, 0.4) is 0 Å². The van der Waals surface area contributed by atoms with Crippen molar-refractivity contribution in [3.8, 4) is 0 Å². The quantitative estimate of drug-likeness (QED) is 0.488. The number of urea groups is 1. The number of carbonyl (C=O) groups excluding carboxylic acids is 3. The zero-order chi connectivity index (χ0) is 23.8. The molecule has 0 radical (unpaired) electrons. The molecule has 4 amide bonds. The molecule has 3 N–H and O–H groups in total. The second-order valence-electron chi connectivity index (χ2n) is 9.40. The van der Waals surface area contributed by atoms with Gasteiger partial charge < -0.3 is 25.6 Å². The number of nitrogens with one attached hydrogen (secondary N) is 3. The minimum Gasteiger partial charge on any atom is -0.450 e. The number of nitrogens with zero attached hydrogens (tertiary/aromatic N) is 2. The fourth-order valence-electron chi connectivity index (χ4n) is 4.46. The number of anilines is 1. The number of carbonyl (C=O) groups is 3. The molecule has 2 fully saturated rings. The predicted octanol–water partition coefficient (Wildman–Crippen LogP) is 3.66. The molecule has 1 aliphatic heterocycles. The molecule has 2 aliphatic rings. The highest BCUT2D eigenvalue weighted by Gasteiger charge is 2.33. The molecule has 0 spiro atoms. The molecule has 33 heavy (non-hydrogen) atoms. The van der Waals surface area contributed by atoms with Gasteiger partial charge in [0.2, 0.25) is 5.91 Å². The second-order valence-corrected chi connectivity index (χ2v) is 9.40. The average Bonchev–Trinajstić information content (AvgIpc) is 3.09. The summed E-state index contributed by atoms with van der Waals surface area (Å²) in [5.74, 6) is 0.794. The van der Waals surface area contributed by atoms with Crippen molar-refractivity contribution < 1.29 is 19.1 Å². The summed E-state index contributed by atoms with van der Waals surface area (Å²) in [6, 6.07) is 2.94. The van der Waals surface area contributed by atoms with Crippen molar-refractivity contribution in [2.24, 2.45) is 11.8 Å². The number of hydrogen-bond donors (Lipinski definition) is 3. The molecule has 1 saturated heterocycles. The van der Waals surface area contributed by atoms with Crippen LogP contribution < -0.4 is 16.0 Å². The molecule has 2 heterocycles. The Balaban J connectivity index is 1.65. The zero-order valence-corrected chi connectivity index (χ0v) is 19.9. The first kappa shape index (κ1) is 24.8. The van der Waals surface area contributed by atoms with E-state index in [1.807, 2.05) is 19.9 Å². The van der Waals surface area contributed by atoms with Crippen molar-refractivity contribution in [3.63, 3.8) is 0 Å². The number of ether oxygens (including phenoxy) is 1. The Kier molecular flexibility index (Phi) is 8.91. The van der Waals surface area contributed by atoms with E-state index in [2.05, 4.69) is 27.9 Å². The van der Waals surface area contributed by atoms with Crippen LogP contribution in [0.4, 0.5) is 15.4 Å². The van der Waals surface area contributed by atoms with Gasteiger partial charge in [-0.15, -0.1) is 0 Å². The minimum atomic E-state index is -0.678. The Hall–Kier alpha value is -2.84. The number of pyridine rings is 1. The van der Waals surface area contributed by atoms with Crippen molar-refractivity contribution in [3.05, 3.63) is 23.9 Å². The maximum Gasteiger partial charge on any atom is 0.407 e. The first-order valence-electron chi connectivity index (χ1n) is 12.1. The number of alkyl carbamates (subject to hydrolysis) is 1. The molecule has 3 rings (SSSR count). The van der Waals surface area contributed by atoms with Gasteiger partial charge in [0.15, 0.2) is 0 Å². The lowest BCUT2D eigenvalue weighted by atomic mass is 9.79. The van der Waals surface area contributed by atoms with Gasteiger partial charge in [-0.1, -0.05) is 33.1 Å². The number of rotatable bonds is 9. The van der Waals surface area contributed by atoms with E-state index in [9.17, 15) is 14.4 Å². The van der Waals surface area contributed by atoms with Crippen LogP contribution in [0.15, 0.2) is 18.3 Å². The first-order chi connectivity index (χ1) is 15.9. The highest BCUT2D eigenvalue weighted by Crippen LogP contribution is 2.31. The van der Waals surface area contributed by atoms with Gasteiger partial charge in [-0.25, -0.2) is 14.6 Å². The van der Waals surface area contributed by atoms with E-state index in [1.165, 1.54) is 0 Å². The van der Waals surface area contributed by atoms with Crippen LogP contribution in [0.25, 0.3) is 0 Å². The molecular formula is C24H37N5O4. The minimum absolute atomic E-state index is 0.0536. The van der Waals surface area contributed by atoms with Crippen LogP contribution in [-0.2, 0) is 16.1 Å². The molecule has 0 unspecified atom stereocenters. The molecular weight excluding hydrogens is 422 g/mol. The molecule has 0 aromatic carbocycles. The molecule has 1 aromatic rings. The van der Waals surface area contributed by atoms with E-state index in [4.69, 9.17) is 4.74 Å². The first-order valence-corrected chi connectivity index (χ1v) is 12.1. The Morgan fingerprint density at radius 2 is 2.03 bits per heavy atom. The van der Waals surface area contributed by atoms with Crippen LogP contribution in [0.2, 0.25) is 0 Å². The summed E-state index contributed by atoms with van der Waals surface area (Å²) in [6.07, 6.45) is 6.60. The predicted molar refractivity (Wildman–Crippen MR) is 126 cm³/mol. The van der Waals surface area contributed by atoms with Crippen molar-refractivity contribution in [1.82, 2.24) is 20.5 Å². The van der Waals surface area contributed by atoms with Crippen LogP contribution in [0.5, 0.6) is 0 Å². The molecule has 1 aliphatic carbocycles. The zero-order valence-electron chi connectivity index (χ0n) is 19.9. The highest BCUT2D eigenvalue weighted by atomic mass is 16.5. The highest BCUT2D eigenvalue weighted by molar-refractivity contribution is 5.96. The van der Waals surface area contributed by atoms with Gasteiger partial charge in [0.05, 0.1) is 6.61 Å². The van der Waals surface area contributed by atoms with Gasteiger partial charge in [-0.05, 0) is 55.7 Å². The van der Waals surface area contributed by atoms with Crippen LogP contribution in [0.1, 0.15) is 64.9 Å². The third-order valence-electron chi connectivity index (χ3n) is 6.42. The summed E-state index contributed by atoms with van der Waals surface area (Å²) in [6.45, 7) is 7.61. The van der Waals surface area contributed by atoms with Crippen LogP contribution in [0, 0.1) is 11.8 Å². The smallest absolute Gasteiger partial charge is 0.407 e. The molecule has 1 aromatic heterocycles. The van der Waals surface area contributed by atoms with Gasteiger partial charge in [0, 0.05) is 25.3 Å². The van der Waals surface area contributed by atoms with E-state index in [1.54, 1.807) is 17.2 Å². The second kappa shape index (κ2) is 11.9. The Labute approximate surface area is 196 Å². The number of unbranched alkanes of at least 4 members (excludes halogenated alkanes) is 1. The maximum absolute atomic E-state index is 13.2. The van der Waals surface area contributed by atoms with Crippen LogP contribution in [-0.4, -0.2) is 53.2 Å². The Morgan fingerprint density at radius 1 is 1.27 bits per heavy atom. The van der Waals surface area contributed by atoms with Gasteiger partial charge in [-0.3, -0.25) is 4.79 Å². The monoisotopic (exact) mass is 459 g/mol. The topological polar surface area (TPSA) is 113 Å². The maximum atomic E-state index is 13.2. The fourth-order valence-corrected chi connectivity index (χ4v) is 4.46. The summed E-state index contributed by atoms with van der Waals surface area (Å²) in [4.78, 5) is 43.6. The lowest BCUT2D eigenvalue weighted by Gasteiger charge is -2.32. The van der Waals surface area contributed by atoms with E-state index in [-0.39, 0.29) is 23.9 Å². The lowest BCUT2D eigenvalue weighted by molar-refractivity contribution is -0.119. The summed E-state index contributed by atoms with van der Waals surface area (Å²) in [5, 5.41) is 8.55. The van der Waals surface area contributed by atoms with Gasteiger partial charge in [0.1, 0.15) is 11.9 Å². The Morgan fingerprint density at radius 3 is 2.70 bits per heavy atom. The Bertz CT molecular complexity index is 825. The van der Waals surface area contributed by atoms with Crippen molar-refractivity contribution >= 4 is 23.8 Å². The lowest BCUT2D eigenvalue weighted by Crippen LogP contribution is -2.49. The molecule has 9 heteroatoms. The van der Waals surface area contributed by atoms with Gasteiger partial charge >= 0.3 is 12.1 Å². The molecule has 182 valence electrons. The summed E-state index contributed by atoms with van der Waals surface area (Å²) in [7, 11) is 0. The normalized spacial score (nSPS) is 23.5. The SMILES string of the molecule is CCCCOC(=O)N[C@H](C(=O)Nc1cc(CN2C[C@@H](C)NC2=O)ccn1)C1CCC(C)CC1. The van der Waals surface area contributed by atoms with E-state index >= 15 is 0 Å². The van der Waals surface area contributed by atoms with Crippen LogP contribution >= 0.6 is 0 Å². The number of hydrogen-bond acceptors (Lipinski definition) is 5. The van der Waals surface area contributed by atoms with E-state index in [0.717, 1.165) is 44.1 Å². The third-order valence-corrected chi connectivity index (χ3v) is 6.42. The van der Waals surface area contributed by atoms with E-state index < -0.39 is 12.1 Å². The third kappa shape index (κ3) is 7.33. The van der Waals surface area contributed by atoms with E-state index in [0.29, 0.717) is 31.4 Å². The number of amides is 4. The summed E-state index contributed by atoms with van der Waals surface area (Å²) in [5.41, 5.74) is 0.875. The number of aromatic nitrogens is 1. The molecule has 1 saturated carbocycles. The standard InChI is InChI=1S/C24H37N5O4/c1-4-5-12-33-24(32)28-21(19-8-6-16(2)7-9-19)22(30)27-20-13-18(10-11-25-20)15-29-14-17(3)26-23(29)31/h10-11,13,16-17,19,21H,4-9,12,14-15H2,1-3H3,(H,26,31)(H,28,32)(H,25,27,30)/t16?,17-,19?,21+/m1/s1.